The average molecular weight is 287 g/mol. The highest BCUT2D eigenvalue weighted by molar-refractivity contribution is 5.97. The van der Waals surface area contributed by atoms with E-state index in [0.29, 0.717) is 24.2 Å². The number of nitrogens with zero attached hydrogens (tertiary/aromatic N) is 3. The molecule has 0 unspecified atom stereocenters. The van der Waals surface area contributed by atoms with Crippen molar-refractivity contribution in [3.8, 4) is 5.69 Å². The van der Waals surface area contributed by atoms with Gasteiger partial charge in [-0.3, -0.25) is 9.59 Å². The predicted octanol–water partition coefficient (Wildman–Crippen LogP) is 1.81. The third-order valence-electron chi connectivity index (χ3n) is 3.12. The molecular formula is C15H17N3O3. The monoisotopic (exact) mass is 287 g/mol. The number of carbonyl (C=O) groups is 2. The minimum Gasteiger partial charge on any atom is -0.481 e. The lowest BCUT2D eigenvalue weighted by molar-refractivity contribution is -0.137. The number of hydrogen-bond acceptors (Lipinski definition) is 3. The van der Waals surface area contributed by atoms with Crippen LogP contribution < -0.4 is 0 Å². The molecule has 2 rings (SSSR count). The summed E-state index contributed by atoms with van der Waals surface area (Å²) in [7, 11) is 1.67. The van der Waals surface area contributed by atoms with Crippen molar-refractivity contribution in [3.05, 3.63) is 48.3 Å². The molecule has 1 N–H and O–H groups in total. The molecular weight excluding hydrogens is 270 g/mol. The van der Waals surface area contributed by atoms with E-state index >= 15 is 0 Å². The zero-order valence-corrected chi connectivity index (χ0v) is 11.8. The van der Waals surface area contributed by atoms with Gasteiger partial charge in [-0.1, -0.05) is 12.1 Å². The Morgan fingerprint density at radius 3 is 2.71 bits per heavy atom. The summed E-state index contributed by atoms with van der Waals surface area (Å²) in [5, 5.41) is 12.8. The molecule has 0 aliphatic rings. The highest BCUT2D eigenvalue weighted by Gasteiger charge is 2.16. The molecule has 1 amide bonds. The van der Waals surface area contributed by atoms with Crippen LogP contribution in [0.15, 0.2) is 42.7 Å². The van der Waals surface area contributed by atoms with Gasteiger partial charge in [-0.2, -0.15) is 5.10 Å². The Labute approximate surface area is 122 Å². The Bertz CT molecular complexity index is 623. The van der Waals surface area contributed by atoms with E-state index in [2.05, 4.69) is 5.10 Å². The molecule has 6 nitrogen and oxygen atoms in total. The smallest absolute Gasteiger partial charge is 0.303 e. The van der Waals surface area contributed by atoms with Crippen molar-refractivity contribution in [2.75, 3.05) is 13.6 Å². The van der Waals surface area contributed by atoms with Gasteiger partial charge in [0.2, 0.25) is 0 Å². The third kappa shape index (κ3) is 3.68. The van der Waals surface area contributed by atoms with Crippen molar-refractivity contribution in [2.24, 2.45) is 0 Å². The van der Waals surface area contributed by atoms with Crippen LogP contribution in [-0.4, -0.2) is 45.3 Å². The number of carbonyl (C=O) groups excluding carboxylic acids is 1. The molecule has 0 fully saturated rings. The molecule has 0 atom stereocenters. The zero-order chi connectivity index (χ0) is 15.2. The first kappa shape index (κ1) is 14.8. The number of aliphatic carboxylic acids is 1. The van der Waals surface area contributed by atoms with Crippen LogP contribution in [0.4, 0.5) is 0 Å². The number of carboxylic acid groups (broad SMARTS) is 1. The fourth-order valence-electron chi connectivity index (χ4n) is 2.04. The molecule has 1 aromatic heterocycles. The van der Waals surface area contributed by atoms with E-state index in [9.17, 15) is 9.59 Å². The third-order valence-corrected chi connectivity index (χ3v) is 3.12. The van der Waals surface area contributed by atoms with Gasteiger partial charge in [0, 0.05) is 32.4 Å². The van der Waals surface area contributed by atoms with Gasteiger partial charge in [0.25, 0.3) is 5.91 Å². The summed E-state index contributed by atoms with van der Waals surface area (Å²) >= 11 is 0. The molecule has 2 aromatic rings. The minimum absolute atomic E-state index is 0.0540. The SMILES string of the molecule is CN(CCCC(=O)O)C(=O)c1ccccc1-n1cccn1. The van der Waals surface area contributed by atoms with Gasteiger partial charge in [-0.05, 0) is 24.6 Å². The number of rotatable bonds is 6. The van der Waals surface area contributed by atoms with Crippen molar-refractivity contribution < 1.29 is 14.7 Å². The molecule has 21 heavy (non-hydrogen) atoms. The first-order valence-corrected chi connectivity index (χ1v) is 6.66. The lowest BCUT2D eigenvalue weighted by Gasteiger charge is -2.18. The van der Waals surface area contributed by atoms with E-state index in [-0.39, 0.29) is 12.3 Å². The van der Waals surface area contributed by atoms with Gasteiger partial charge in [0.05, 0.1) is 11.3 Å². The number of para-hydroxylation sites is 1. The minimum atomic E-state index is -0.854. The number of hydrogen-bond donors (Lipinski definition) is 1. The molecule has 0 spiro atoms. The summed E-state index contributed by atoms with van der Waals surface area (Å²) in [6, 6.07) is 9.00. The topological polar surface area (TPSA) is 75.4 Å². The Morgan fingerprint density at radius 2 is 2.05 bits per heavy atom. The van der Waals surface area contributed by atoms with Crippen molar-refractivity contribution in [2.45, 2.75) is 12.8 Å². The predicted molar refractivity (Wildman–Crippen MR) is 77.4 cm³/mol. The highest BCUT2D eigenvalue weighted by Crippen LogP contribution is 2.15. The quantitative estimate of drug-likeness (QED) is 0.879. The summed E-state index contributed by atoms with van der Waals surface area (Å²) < 4.78 is 1.64. The van der Waals surface area contributed by atoms with Crippen molar-refractivity contribution in [1.82, 2.24) is 14.7 Å². The molecule has 0 saturated heterocycles. The van der Waals surface area contributed by atoms with Crippen LogP contribution in [0, 0.1) is 0 Å². The summed E-state index contributed by atoms with van der Waals surface area (Å²) in [4.78, 5) is 24.5. The van der Waals surface area contributed by atoms with Crippen LogP contribution in [-0.2, 0) is 4.79 Å². The molecule has 110 valence electrons. The molecule has 0 radical (unpaired) electrons. The van der Waals surface area contributed by atoms with Crippen molar-refractivity contribution in [3.63, 3.8) is 0 Å². The second kappa shape index (κ2) is 6.69. The fraction of sp³-hybridized carbons (Fsp3) is 0.267. The van der Waals surface area contributed by atoms with Crippen LogP contribution >= 0.6 is 0 Å². The number of aromatic nitrogens is 2. The fourth-order valence-corrected chi connectivity index (χ4v) is 2.04. The molecule has 6 heteroatoms. The Balaban J connectivity index is 2.14. The van der Waals surface area contributed by atoms with E-state index in [0.717, 1.165) is 0 Å². The maximum Gasteiger partial charge on any atom is 0.303 e. The lowest BCUT2D eigenvalue weighted by atomic mass is 10.1. The van der Waals surface area contributed by atoms with Gasteiger partial charge >= 0.3 is 5.97 Å². The van der Waals surface area contributed by atoms with Crippen LogP contribution in [0.5, 0.6) is 0 Å². The number of carboxylic acids is 1. The van der Waals surface area contributed by atoms with Crippen molar-refractivity contribution in [1.29, 1.82) is 0 Å². The largest absolute Gasteiger partial charge is 0.481 e. The van der Waals surface area contributed by atoms with Gasteiger partial charge in [0.1, 0.15) is 0 Å². The van der Waals surface area contributed by atoms with Gasteiger partial charge in [-0.15, -0.1) is 0 Å². The standard InChI is InChI=1S/C15H17N3O3/c1-17(10-4-8-14(19)20)15(21)12-6-2-3-7-13(12)18-11-5-9-16-18/h2-3,5-7,9,11H,4,8,10H2,1H3,(H,19,20). The second-order valence-corrected chi connectivity index (χ2v) is 4.69. The van der Waals surface area contributed by atoms with Crippen LogP contribution in [0.3, 0.4) is 0 Å². The lowest BCUT2D eigenvalue weighted by Crippen LogP contribution is -2.29. The highest BCUT2D eigenvalue weighted by atomic mass is 16.4. The first-order chi connectivity index (χ1) is 10.1. The van der Waals surface area contributed by atoms with Gasteiger partial charge < -0.3 is 10.0 Å². The summed E-state index contributed by atoms with van der Waals surface area (Å²) in [5.41, 5.74) is 1.25. The molecule has 0 bridgehead atoms. The van der Waals surface area contributed by atoms with Crippen molar-refractivity contribution >= 4 is 11.9 Å². The summed E-state index contributed by atoms with van der Waals surface area (Å²) in [5.74, 6) is -1.00. The van der Waals surface area contributed by atoms with Crippen LogP contribution in [0.1, 0.15) is 23.2 Å². The van der Waals surface area contributed by atoms with E-state index < -0.39 is 5.97 Å². The molecule has 1 heterocycles. The number of amides is 1. The van der Waals surface area contributed by atoms with Gasteiger partial charge in [0.15, 0.2) is 0 Å². The zero-order valence-electron chi connectivity index (χ0n) is 11.8. The summed E-state index contributed by atoms with van der Waals surface area (Å²) in [6.07, 6.45) is 3.91. The maximum atomic E-state index is 12.5. The first-order valence-electron chi connectivity index (χ1n) is 6.66. The Morgan fingerprint density at radius 1 is 1.29 bits per heavy atom. The molecule has 0 aliphatic carbocycles. The van der Waals surface area contributed by atoms with E-state index in [1.807, 2.05) is 12.1 Å². The molecule has 1 aromatic carbocycles. The maximum absolute atomic E-state index is 12.5. The van der Waals surface area contributed by atoms with E-state index in [4.69, 9.17) is 5.11 Å². The Kier molecular flexibility index (Phi) is 4.71. The Hall–Kier alpha value is -2.63. The molecule has 0 saturated carbocycles. The second-order valence-electron chi connectivity index (χ2n) is 4.69. The average Bonchev–Trinajstić information content (AvgIpc) is 3.00. The number of benzene rings is 1. The van der Waals surface area contributed by atoms with Gasteiger partial charge in [-0.25, -0.2) is 4.68 Å². The molecule has 0 aliphatic heterocycles. The summed E-state index contributed by atoms with van der Waals surface area (Å²) in [6.45, 7) is 0.401. The van der Waals surface area contributed by atoms with E-state index in [1.165, 1.54) is 4.90 Å². The van der Waals surface area contributed by atoms with E-state index in [1.54, 1.807) is 42.3 Å². The normalized spacial score (nSPS) is 10.3. The van der Waals surface area contributed by atoms with Crippen LogP contribution in [0.2, 0.25) is 0 Å². The van der Waals surface area contributed by atoms with Crippen LogP contribution in [0.25, 0.3) is 5.69 Å².